The Morgan fingerprint density at radius 3 is 2.56 bits per heavy atom. The fraction of sp³-hybridized carbons (Fsp3) is 0.500. The number of benzene rings is 1. The summed E-state index contributed by atoms with van der Waals surface area (Å²) in [7, 11) is 0. The van der Waals surface area contributed by atoms with E-state index in [1.54, 1.807) is 16.9 Å². The van der Waals surface area contributed by atoms with Crippen molar-refractivity contribution in [2.45, 2.75) is 59.7 Å². The minimum Gasteiger partial charge on any atom is -0.471 e. The predicted octanol–water partition coefficient (Wildman–Crippen LogP) is 4.17. The molecule has 4 rings (SSSR count). The molecule has 0 bridgehead atoms. The van der Waals surface area contributed by atoms with Crippen LogP contribution in [-0.4, -0.2) is 56.7 Å². The Morgan fingerprint density at radius 2 is 1.85 bits per heavy atom. The zero-order valence-electron chi connectivity index (χ0n) is 20.9. The highest BCUT2D eigenvalue weighted by Crippen LogP contribution is 2.23. The van der Waals surface area contributed by atoms with Gasteiger partial charge >= 0.3 is 0 Å². The third kappa shape index (κ3) is 6.05. The number of aromatic nitrogens is 3. The number of ether oxygens (including phenoxy) is 1. The monoisotopic (exact) mass is 465 g/mol. The van der Waals surface area contributed by atoms with Gasteiger partial charge in [0.15, 0.2) is 12.4 Å². The fourth-order valence-corrected chi connectivity index (χ4v) is 4.12. The number of hydrogen-bond donors (Lipinski definition) is 0. The van der Waals surface area contributed by atoms with Crippen molar-refractivity contribution in [2.75, 3.05) is 26.2 Å². The van der Waals surface area contributed by atoms with E-state index in [-0.39, 0.29) is 18.1 Å². The van der Waals surface area contributed by atoms with Gasteiger partial charge in [-0.3, -0.25) is 9.69 Å². The van der Waals surface area contributed by atoms with Crippen LogP contribution in [0.4, 0.5) is 0 Å². The van der Waals surface area contributed by atoms with Crippen LogP contribution in [0.2, 0.25) is 0 Å². The van der Waals surface area contributed by atoms with Gasteiger partial charge < -0.3 is 14.1 Å². The first-order valence-electron chi connectivity index (χ1n) is 11.9. The van der Waals surface area contributed by atoms with Gasteiger partial charge in [-0.2, -0.15) is 5.10 Å². The second-order valence-electron chi connectivity index (χ2n) is 10.1. The molecule has 0 spiro atoms. The molecule has 1 aliphatic rings. The van der Waals surface area contributed by atoms with Crippen LogP contribution >= 0.6 is 0 Å². The third-order valence-corrected chi connectivity index (χ3v) is 5.95. The molecule has 182 valence electrons. The van der Waals surface area contributed by atoms with Crippen molar-refractivity contribution in [3.63, 3.8) is 0 Å². The zero-order valence-corrected chi connectivity index (χ0v) is 20.9. The predicted molar refractivity (Wildman–Crippen MR) is 130 cm³/mol. The number of oxazole rings is 1. The maximum Gasteiger partial charge on any atom is 0.274 e. The largest absolute Gasteiger partial charge is 0.471 e. The van der Waals surface area contributed by atoms with Gasteiger partial charge in [-0.15, -0.1) is 0 Å². The first kappa shape index (κ1) is 24.0. The maximum atomic E-state index is 13.1. The molecule has 3 aromatic rings. The lowest BCUT2D eigenvalue weighted by Gasteiger charge is -2.20. The molecule has 0 saturated carbocycles. The molecular weight excluding hydrogens is 430 g/mol. The van der Waals surface area contributed by atoms with Crippen molar-refractivity contribution in [1.29, 1.82) is 0 Å². The molecule has 2 aromatic heterocycles. The van der Waals surface area contributed by atoms with E-state index in [1.165, 1.54) is 0 Å². The second kappa shape index (κ2) is 10.0. The van der Waals surface area contributed by atoms with Crippen LogP contribution in [0.15, 0.2) is 41.1 Å². The van der Waals surface area contributed by atoms with Crippen LogP contribution in [0.25, 0.3) is 0 Å². The van der Waals surface area contributed by atoms with E-state index in [4.69, 9.17) is 9.15 Å². The Bertz CT molecular complexity index is 1110. The van der Waals surface area contributed by atoms with Gasteiger partial charge in [-0.25, -0.2) is 9.67 Å². The molecule has 34 heavy (non-hydrogen) atoms. The zero-order chi connectivity index (χ0) is 24.3. The summed E-state index contributed by atoms with van der Waals surface area (Å²) in [6.45, 7) is 14.4. The minimum absolute atomic E-state index is 0.0434. The number of carbonyl (C=O) groups excluding carboxylic acids is 1. The molecule has 0 unspecified atom stereocenters. The molecule has 0 aliphatic carbocycles. The maximum absolute atomic E-state index is 13.1. The Hall–Kier alpha value is -3.13. The van der Waals surface area contributed by atoms with E-state index in [1.807, 2.05) is 37.1 Å². The summed E-state index contributed by atoms with van der Waals surface area (Å²) < 4.78 is 13.5. The SMILES string of the molecule is Cc1cc(C)cc(OCn2ccc(C(=O)N3CCCN(Cc4ncc(C(C)(C)C)o4)CC3)n2)c1. The van der Waals surface area contributed by atoms with Crippen molar-refractivity contribution >= 4 is 5.91 Å². The average molecular weight is 466 g/mol. The van der Waals surface area contributed by atoms with Crippen LogP contribution in [0.1, 0.15) is 60.5 Å². The van der Waals surface area contributed by atoms with Gasteiger partial charge in [0.25, 0.3) is 5.91 Å². The van der Waals surface area contributed by atoms with Crippen molar-refractivity contribution < 1.29 is 13.9 Å². The molecule has 1 aliphatic heterocycles. The Morgan fingerprint density at radius 1 is 1.09 bits per heavy atom. The van der Waals surface area contributed by atoms with Gasteiger partial charge in [-0.1, -0.05) is 26.8 Å². The first-order valence-corrected chi connectivity index (χ1v) is 11.9. The van der Waals surface area contributed by atoms with E-state index in [9.17, 15) is 4.79 Å². The van der Waals surface area contributed by atoms with E-state index in [0.29, 0.717) is 25.3 Å². The molecule has 0 N–H and O–H groups in total. The molecule has 1 fully saturated rings. The molecule has 1 aromatic carbocycles. The number of rotatable bonds is 6. The van der Waals surface area contributed by atoms with Crippen LogP contribution in [0, 0.1) is 13.8 Å². The molecule has 1 amide bonds. The molecule has 1 saturated heterocycles. The van der Waals surface area contributed by atoms with E-state index >= 15 is 0 Å². The third-order valence-electron chi connectivity index (χ3n) is 5.95. The number of carbonyl (C=O) groups is 1. The Balaban J connectivity index is 1.30. The van der Waals surface area contributed by atoms with Crippen molar-refractivity contribution in [3.8, 4) is 5.75 Å². The average Bonchev–Trinajstić information content (AvgIpc) is 3.37. The summed E-state index contributed by atoms with van der Waals surface area (Å²) >= 11 is 0. The summed E-state index contributed by atoms with van der Waals surface area (Å²) in [5.41, 5.74) is 2.69. The minimum atomic E-state index is -0.0549. The lowest BCUT2D eigenvalue weighted by molar-refractivity contribution is 0.0752. The summed E-state index contributed by atoms with van der Waals surface area (Å²) in [4.78, 5) is 21.7. The molecule has 0 atom stereocenters. The van der Waals surface area contributed by atoms with Crippen molar-refractivity contribution in [1.82, 2.24) is 24.6 Å². The highest BCUT2D eigenvalue weighted by molar-refractivity contribution is 5.92. The highest BCUT2D eigenvalue weighted by atomic mass is 16.5. The van der Waals surface area contributed by atoms with Crippen molar-refractivity contribution in [2.24, 2.45) is 0 Å². The first-order chi connectivity index (χ1) is 16.2. The second-order valence-corrected chi connectivity index (χ2v) is 10.1. The lowest BCUT2D eigenvalue weighted by Crippen LogP contribution is -2.35. The summed E-state index contributed by atoms with van der Waals surface area (Å²) in [5, 5.41) is 4.45. The van der Waals surface area contributed by atoms with E-state index < -0.39 is 0 Å². The topological polar surface area (TPSA) is 76.6 Å². The normalized spacial score (nSPS) is 15.4. The van der Waals surface area contributed by atoms with Crippen LogP contribution in [-0.2, 0) is 18.7 Å². The number of nitrogens with zero attached hydrogens (tertiary/aromatic N) is 5. The van der Waals surface area contributed by atoms with Gasteiger partial charge in [0.2, 0.25) is 5.89 Å². The van der Waals surface area contributed by atoms with Crippen LogP contribution < -0.4 is 4.74 Å². The van der Waals surface area contributed by atoms with E-state index in [2.05, 4.69) is 41.8 Å². The Labute approximate surface area is 201 Å². The van der Waals surface area contributed by atoms with Gasteiger partial charge in [0, 0.05) is 37.8 Å². The quantitative estimate of drug-likeness (QED) is 0.544. The van der Waals surface area contributed by atoms with Gasteiger partial charge in [0.05, 0.1) is 12.7 Å². The van der Waals surface area contributed by atoms with Crippen LogP contribution in [0.5, 0.6) is 5.75 Å². The molecule has 3 heterocycles. The number of hydrogen-bond acceptors (Lipinski definition) is 6. The lowest BCUT2D eigenvalue weighted by atomic mass is 9.94. The summed E-state index contributed by atoms with van der Waals surface area (Å²) in [6, 6.07) is 7.85. The molecular formula is C26H35N5O3. The fourth-order valence-electron chi connectivity index (χ4n) is 4.12. The molecule has 0 radical (unpaired) electrons. The summed E-state index contributed by atoms with van der Waals surface area (Å²) in [5.74, 6) is 2.38. The number of aryl methyl sites for hydroxylation is 2. The summed E-state index contributed by atoms with van der Waals surface area (Å²) in [6.07, 6.45) is 4.51. The smallest absolute Gasteiger partial charge is 0.274 e. The van der Waals surface area contributed by atoms with Crippen molar-refractivity contribution in [3.05, 3.63) is 65.1 Å². The molecule has 8 nitrogen and oxygen atoms in total. The highest BCUT2D eigenvalue weighted by Gasteiger charge is 2.24. The van der Waals surface area contributed by atoms with Gasteiger partial charge in [0.1, 0.15) is 11.5 Å². The van der Waals surface area contributed by atoms with Gasteiger partial charge in [-0.05, 0) is 49.6 Å². The number of amides is 1. The van der Waals surface area contributed by atoms with E-state index in [0.717, 1.165) is 48.0 Å². The standard InChI is InChI=1S/C26H35N5O3/c1-19-13-20(2)15-21(14-19)33-18-31-10-7-22(28-31)25(32)30-9-6-8-29(11-12-30)17-24-27-16-23(34-24)26(3,4)5/h7,10,13-16H,6,8-9,11-12,17-18H2,1-5H3. The van der Waals surface area contributed by atoms with Crippen LogP contribution in [0.3, 0.4) is 0 Å². The molecule has 8 heteroatoms. The Kier molecular flexibility index (Phi) is 7.07.